The van der Waals surface area contributed by atoms with Crippen molar-refractivity contribution >= 4 is 11.9 Å². The number of hydrogen-bond acceptors (Lipinski definition) is 4. The van der Waals surface area contributed by atoms with Crippen molar-refractivity contribution in [2.45, 2.75) is 58.2 Å². The van der Waals surface area contributed by atoms with E-state index in [-0.39, 0.29) is 26.1 Å². The standard InChI is InChI=1S/C31H31F6NO5/c1-3-22-15-26(14-9-23(22)16-27(29(40)41)42-4-2)43-19-28(39)38(17-20-5-10-24(11-6-20)30(32,33)34)18-21-7-12-25(13-8-21)31(35,36)37/h5-15,27H,3-4,16-19H2,1-2H3,(H,40,41)/t27-/m0/s1. The van der Waals surface area contributed by atoms with Crippen LogP contribution in [-0.4, -0.2) is 41.2 Å². The number of hydrogen-bond donors (Lipinski definition) is 1. The molecule has 0 aliphatic heterocycles. The van der Waals surface area contributed by atoms with E-state index in [9.17, 15) is 41.0 Å². The van der Waals surface area contributed by atoms with E-state index in [2.05, 4.69) is 0 Å². The Morgan fingerprint density at radius 2 is 1.30 bits per heavy atom. The van der Waals surface area contributed by atoms with Crippen LogP contribution in [0.25, 0.3) is 0 Å². The molecule has 0 saturated carbocycles. The molecule has 0 unspecified atom stereocenters. The highest BCUT2D eigenvalue weighted by atomic mass is 19.4. The Bertz CT molecular complexity index is 1310. The number of carboxylic acids is 1. The summed E-state index contributed by atoms with van der Waals surface area (Å²) in [6.07, 6.45) is -9.40. The SMILES string of the molecule is CCO[C@@H](Cc1ccc(OCC(=O)N(Cc2ccc(C(F)(F)F)cc2)Cc2ccc(C(F)(F)F)cc2)cc1CC)C(=O)O. The van der Waals surface area contributed by atoms with E-state index in [4.69, 9.17) is 9.47 Å². The van der Waals surface area contributed by atoms with Crippen LogP contribution in [0.1, 0.15) is 47.2 Å². The van der Waals surface area contributed by atoms with Gasteiger partial charge in [-0.2, -0.15) is 26.3 Å². The molecule has 1 amide bonds. The van der Waals surface area contributed by atoms with E-state index < -0.39 is 48.1 Å². The number of aryl methyl sites for hydroxylation is 1. The molecule has 0 aliphatic rings. The van der Waals surface area contributed by atoms with Gasteiger partial charge in [0.2, 0.25) is 0 Å². The van der Waals surface area contributed by atoms with E-state index in [1.54, 1.807) is 25.1 Å². The van der Waals surface area contributed by atoms with Crippen LogP contribution in [0.5, 0.6) is 5.75 Å². The third-order valence-electron chi connectivity index (χ3n) is 6.63. The van der Waals surface area contributed by atoms with Gasteiger partial charge in [-0.3, -0.25) is 4.79 Å². The molecule has 3 rings (SSSR count). The zero-order chi connectivity index (χ0) is 31.8. The first kappa shape index (κ1) is 33.4. The predicted octanol–water partition coefficient (Wildman–Crippen LogP) is 6.93. The summed E-state index contributed by atoms with van der Waals surface area (Å²) in [6, 6.07) is 13.4. The van der Waals surface area contributed by atoms with Crippen LogP contribution in [-0.2, 0) is 52.6 Å². The van der Waals surface area contributed by atoms with Crippen molar-refractivity contribution in [2.75, 3.05) is 13.2 Å². The number of nitrogens with zero attached hydrogens (tertiary/aromatic N) is 1. The van der Waals surface area contributed by atoms with E-state index in [0.717, 1.165) is 35.4 Å². The van der Waals surface area contributed by atoms with Gasteiger partial charge >= 0.3 is 18.3 Å². The number of carbonyl (C=O) groups is 2. The number of halogens is 6. The van der Waals surface area contributed by atoms with Crippen LogP contribution >= 0.6 is 0 Å². The number of rotatable bonds is 13. The van der Waals surface area contributed by atoms with Crippen LogP contribution in [0.3, 0.4) is 0 Å². The molecule has 6 nitrogen and oxygen atoms in total. The second-order valence-corrected chi connectivity index (χ2v) is 9.70. The van der Waals surface area contributed by atoms with Crippen molar-refractivity contribution < 1.29 is 50.5 Å². The van der Waals surface area contributed by atoms with Crippen molar-refractivity contribution in [1.29, 1.82) is 0 Å². The molecule has 0 fully saturated rings. The second-order valence-electron chi connectivity index (χ2n) is 9.70. The molecule has 1 atom stereocenters. The Morgan fingerprint density at radius 1 is 0.791 bits per heavy atom. The smallest absolute Gasteiger partial charge is 0.416 e. The van der Waals surface area contributed by atoms with Gasteiger partial charge in [0.15, 0.2) is 12.7 Å². The fourth-order valence-electron chi connectivity index (χ4n) is 4.35. The molecule has 0 heterocycles. The first-order valence-electron chi connectivity index (χ1n) is 13.4. The summed E-state index contributed by atoms with van der Waals surface area (Å²) < 4.78 is 89.0. The molecule has 0 radical (unpaired) electrons. The lowest BCUT2D eigenvalue weighted by atomic mass is 9.99. The number of ether oxygens (including phenoxy) is 2. The Balaban J connectivity index is 1.78. The highest BCUT2D eigenvalue weighted by molar-refractivity contribution is 5.78. The summed E-state index contributed by atoms with van der Waals surface area (Å²) in [5.74, 6) is -1.30. The number of aliphatic carboxylic acids is 1. The average Bonchev–Trinajstić information content (AvgIpc) is 2.95. The third-order valence-corrected chi connectivity index (χ3v) is 6.63. The summed E-state index contributed by atoms with van der Waals surface area (Å²) in [5, 5.41) is 9.40. The number of amides is 1. The van der Waals surface area contributed by atoms with Gasteiger partial charge in [-0.1, -0.05) is 37.3 Å². The molecule has 0 bridgehead atoms. The van der Waals surface area contributed by atoms with Gasteiger partial charge in [-0.25, -0.2) is 4.79 Å². The van der Waals surface area contributed by atoms with Gasteiger partial charge < -0.3 is 19.5 Å². The van der Waals surface area contributed by atoms with Gasteiger partial charge in [0.25, 0.3) is 5.91 Å². The van der Waals surface area contributed by atoms with Crippen molar-refractivity contribution in [3.05, 3.63) is 100 Å². The van der Waals surface area contributed by atoms with Gasteiger partial charge in [-0.15, -0.1) is 0 Å². The van der Waals surface area contributed by atoms with Crippen LogP contribution in [0.2, 0.25) is 0 Å². The molecule has 3 aromatic carbocycles. The minimum absolute atomic E-state index is 0.117. The summed E-state index contributed by atoms with van der Waals surface area (Å²) in [4.78, 5) is 26.0. The molecule has 0 saturated heterocycles. The topological polar surface area (TPSA) is 76.1 Å². The van der Waals surface area contributed by atoms with Crippen LogP contribution in [0, 0.1) is 0 Å². The lowest BCUT2D eigenvalue weighted by Gasteiger charge is -2.24. The van der Waals surface area contributed by atoms with Gasteiger partial charge in [0.1, 0.15) is 5.75 Å². The maximum atomic E-state index is 13.3. The number of carbonyl (C=O) groups excluding carboxylic acids is 1. The lowest BCUT2D eigenvalue weighted by molar-refractivity contribution is -0.150. The highest BCUT2D eigenvalue weighted by Crippen LogP contribution is 2.31. The van der Waals surface area contributed by atoms with Crippen LogP contribution in [0.4, 0.5) is 26.3 Å². The first-order valence-corrected chi connectivity index (χ1v) is 13.4. The summed E-state index contributed by atoms with van der Waals surface area (Å²) in [6.45, 7) is 3.11. The molecule has 232 valence electrons. The Labute approximate surface area is 244 Å². The summed E-state index contributed by atoms with van der Waals surface area (Å²) in [7, 11) is 0. The molecular formula is C31H31F6NO5. The minimum Gasteiger partial charge on any atom is -0.484 e. The maximum Gasteiger partial charge on any atom is 0.416 e. The molecule has 43 heavy (non-hydrogen) atoms. The van der Waals surface area contributed by atoms with E-state index >= 15 is 0 Å². The zero-order valence-corrected chi connectivity index (χ0v) is 23.5. The molecular weight excluding hydrogens is 580 g/mol. The van der Waals surface area contributed by atoms with Gasteiger partial charge in [-0.05, 0) is 72.0 Å². The lowest BCUT2D eigenvalue weighted by Crippen LogP contribution is -2.34. The molecule has 1 N–H and O–H groups in total. The molecule has 0 aromatic heterocycles. The normalized spacial score (nSPS) is 12.6. The van der Waals surface area contributed by atoms with Gasteiger partial charge in [0.05, 0.1) is 11.1 Å². The highest BCUT2D eigenvalue weighted by Gasteiger charge is 2.31. The second kappa shape index (κ2) is 14.4. The van der Waals surface area contributed by atoms with Crippen LogP contribution in [0.15, 0.2) is 66.7 Å². The fourth-order valence-corrected chi connectivity index (χ4v) is 4.35. The predicted molar refractivity (Wildman–Crippen MR) is 145 cm³/mol. The molecule has 3 aromatic rings. The van der Waals surface area contributed by atoms with E-state index in [1.165, 1.54) is 29.2 Å². The average molecular weight is 612 g/mol. The quantitative estimate of drug-likeness (QED) is 0.212. The van der Waals surface area contributed by atoms with Crippen molar-refractivity contribution in [2.24, 2.45) is 0 Å². The zero-order valence-electron chi connectivity index (χ0n) is 23.5. The van der Waals surface area contributed by atoms with E-state index in [1.807, 2.05) is 6.92 Å². The number of benzene rings is 3. The Hall–Kier alpha value is -4.06. The van der Waals surface area contributed by atoms with E-state index in [0.29, 0.717) is 23.3 Å². The molecule has 0 aliphatic carbocycles. The monoisotopic (exact) mass is 611 g/mol. The third kappa shape index (κ3) is 9.74. The van der Waals surface area contributed by atoms with Crippen molar-refractivity contribution in [3.63, 3.8) is 0 Å². The maximum absolute atomic E-state index is 13.3. The fraction of sp³-hybridized carbons (Fsp3) is 0.355. The Kier molecular flexibility index (Phi) is 11.2. The first-order chi connectivity index (χ1) is 20.2. The van der Waals surface area contributed by atoms with Gasteiger partial charge in [0, 0.05) is 26.1 Å². The summed E-state index contributed by atoms with van der Waals surface area (Å²) in [5.41, 5.74) is 0.592. The van der Waals surface area contributed by atoms with Crippen LogP contribution < -0.4 is 4.74 Å². The number of alkyl halides is 6. The largest absolute Gasteiger partial charge is 0.484 e. The molecule has 12 heteroatoms. The summed E-state index contributed by atoms with van der Waals surface area (Å²) >= 11 is 0. The number of carboxylic acid groups (broad SMARTS) is 1. The molecule has 0 spiro atoms. The van der Waals surface area contributed by atoms with Crippen molar-refractivity contribution in [3.8, 4) is 5.75 Å². The Morgan fingerprint density at radius 3 is 1.72 bits per heavy atom. The van der Waals surface area contributed by atoms with Crippen molar-refractivity contribution in [1.82, 2.24) is 4.90 Å². The minimum atomic E-state index is -4.54.